The van der Waals surface area contributed by atoms with Gasteiger partial charge < -0.3 is 9.64 Å². The lowest BCUT2D eigenvalue weighted by molar-refractivity contribution is -0.127. The van der Waals surface area contributed by atoms with Gasteiger partial charge in [0.2, 0.25) is 5.91 Å². The first-order valence-electron chi connectivity index (χ1n) is 9.82. The molecule has 0 radical (unpaired) electrons. The van der Waals surface area contributed by atoms with Crippen LogP contribution in [0.2, 0.25) is 0 Å². The van der Waals surface area contributed by atoms with Crippen LogP contribution in [0.4, 0.5) is 0 Å². The molecular weight excluding hydrogens is 358 g/mol. The van der Waals surface area contributed by atoms with Crippen molar-refractivity contribution < 1.29 is 9.53 Å². The number of carbonyl (C=O) groups excluding carboxylic acids is 1. The number of nitrogens with zero attached hydrogens (tertiary/aromatic N) is 1. The number of methoxy groups -OCH3 is 1. The molecule has 0 aliphatic rings. The number of ether oxygens (including phenoxy) is 1. The van der Waals surface area contributed by atoms with E-state index in [9.17, 15) is 4.79 Å². The Bertz CT molecular complexity index is 848. The summed E-state index contributed by atoms with van der Waals surface area (Å²) in [6, 6.07) is 18.0. The topological polar surface area (TPSA) is 29.5 Å². The summed E-state index contributed by atoms with van der Waals surface area (Å²) in [6.45, 7) is 10.1. The van der Waals surface area contributed by atoms with Crippen molar-refractivity contribution in [3.05, 3.63) is 101 Å². The van der Waals surface area contributed by atoms with Gasteiger partial charge in [0.15, 0.2) is 0 Å². The molecule has 0 aliphatic heterocycles. The molecule has 3 heteroatoms. The third-order valence-electron chi connectivity index (χ3n) is 4.35. The fourth-order valence-corrected chi connectivity index (χ4v) is 2.83. The van der Waals surface area contributed by atoms with Crippen LogP contribution in [0.3, 0.4) is 0 Å². The Hall–Kier alpha value is -3.07. The van der Waals surface area contributed by atoms with Crippen LogP contribution < -0.4 is 4.74 Å². The van der Waals surface area contributed by atoms with E-state index in [0.29, 0.717) is 6.54 Å². The first-order valence-corrected chi connectivity index (χ1v) is 9.82. The van der Waals surface area contributed by atoms with Crippen molar-refractivity contribution in [2.75, 3.05) is 7.11 Å². The monoisotopic (exact) mass is 391 g/mol. The van der Waals surface area contributed by atoms with Crippen molar-refractivity contribution in [1.82, 2.24) is 4.90 Å². The number of rotatable bonds is 6. The van der Waals surface area contributed by atoms with Gasteiger partial charge in [0, 0.05) is 18.2 Å². The van der Waals surface area contributed by atoms with E-state index in [1.165, 1.54) is 5.56 Å². The minimum atomic E-state index is 0.00670. The maximum Gasteiger partial charge on any atom is 0.224 e. The maximum absolute atomic E-state index is 12.1. The van der Waals surface area contributed by atoms with E-state index in [-0.39, 0.29) is 5.91 Å². The number of amides is 1. The van der Waals surface area contributed by atoms with Crippen LogP contribution in [-0.4, -0.2) is 17.9 Å². The second-order valence-electron chi connectivity index (χ2n) is 6.62. The van der Waals surface area contributed by atoms with E-state index in [4.69, 9.17) is 4.74 Å². The van der Waals surface area contributed by atoms with Gasteiger partial charge in [0.05, 0.1) is 13.7 Å². The Kier molecular flexibility index (Phi) is 10.9. The number of aryl methyl sites for hydroxylation is 1. The zero-order valence-electron chi connectivity index (χ0n) is 18.5. The predicted octanol–water partition coefficient (Wildman–Crippen LogP) is 6.46. The van der Waals surface area contributed by atoms with Crippen molar-refractivity contribution in [1.29, 1.82) is 0 Å². The van der Waals surface area contributed by atoms with Gasteiger partial charge in [-0.15, -0.1) is 0 Å². The van der Waals surface area contributed by atoms with Crippen molar-refractivity contribution in [2.24, 2.45) is 0 Å². The standard InChI is InChI=1S/C19H25NO2.C7H8/c1-6-8-11-15(3)18(7-2)20(16(4)21)14-17-12-9-10-13-19(17)22-5;1-7-5-3-2-4-6-7/h6-13H,14H2,1-5H3;2-6H,1H3/b8-6-,15-11-,18-7+;. The molecule has 0 bridgehead atoms. The molecule has 0 atom stereocenters. The average Bonchev–Trinajstić information content (AvgIpc) is 2.73. The number of allylic oxidation sites excluding steroid dienone is 5. The lowest BCUT2D eigenvalue weighted by atomic mass is 10.1. The second-order valence-corrected chi connectivity index (χ2v) is 6.62. The number of para-hydroxylation sites is 1. The normalized spacial score (nSPS) is 11.7. The summed E-state index contributed by atoms with van der Waals surface area (Å²) < 4.78 is 5.38. The molecule has 2 rings (SSSR count). The van der Waals surface area contributed by atoms with E-state index in [1.807, 2.05) is 87.5 Å². The highest BCUT2D eigenvalue weighted by molar-refractivity contribution is 5.76. The third kappa shape index (κ3) is 8.22. The van der Waals surface area contributed by atoms with E-state index >= 15 is 0 Å². The molecule has 1 amide bonds. The van der Waals surface area contributed by atoms with Crippen LogP contribution in [-0.2, 0) is 11.3 Å². The summed E-state index contributed by atoms with van der Waals surface area (Å²) in [5.41, 5.74) is 4.27. The third-order valence-corrected chi connectivity index (χ3v) is 4.35. The van der Waals surface area contributed by atoms with E-state index in [2.05, 4.69) is 19.1 Å². The van der Waals surface area contributed by atoms with Crippen molar-refractivity contribution >= 4 is 5.91 Å². The fourth-order valence-electron chi connectivity index (χ4n) is 2.83. The molecule has 154 valence electrons. The molecule has 0 aromatic heterocycles. The maximum atomic E-state index is 12.1. The number of benzene rings is 2. The molecule has 0 heterocycles. The van der Waals surface area contributed by atoms with E-state index < -0.39 is 0 Å². The zero-order chi connectivity index (χ0) is 21.6. The fraction of sp³-hybridized carbons (Fsp3) is 0.269. The summed E-state index contributed by atoms with van der Waals surface area (Å²) in [4.78, 5) is 13.9. The van der Waals surface area contributed by atoms with Crippen LogP contribution in [0.15, 0.2) is 90.2 Å². The Morgan fingerprint density at radius 3 is 2.10 bits per heavy atom. The minimum Gasteiger partial charge on any atom is -0.496 e. The van der Waals surface area contributed by atoms with Gasteiger partial charge >= 0.3 is 0 Å². The van der Waals surface area contributed by atoms with Gasteiger partial charge in [-0.2, -0.15) is 0 Å². The summed E-state index contributed by atoms with van der Waals surface area (Å²) in [5.74, 6) is 0.798. The van der Waals surface area contributed by atoms with E-state index in [1.54, 1.807) is 18.9 Å². The molecule has 0 saturated carbocycles. The van der Waals surface area contributed by atoms with Gasteiger partial charge in [0.1, 0.15) is 5.75 Å². The van der Waals surface area contributed by atoms with Crippen molar-refractivity contribution in [2.45, 2.75) is 41.2 Å². The molecule has 2 aromatic rings. The Morgan fingerprint density at radius 2 is 1.62 bits per heavy atom. The molecule has 0 spiro atoms. The van der Waals surface area contributed by atoms with Crippen LogP contribution in [0.25, 0.3) is 0 Å². The van der Waals surface area contributed by atoms with Crippen LogP contribution in [0.5, 0.6) is 5.75 Å². The van der Waals surface area contributed by atoms with Gasteiger partial charge in [0.25, 0.3) is 0 Å². The lowest BCUT2D eigenvalue weighted by Gasteiger charge is -2.25. The van der Waals surface area contributed by atoms with E-state index in [0.717, 1.165) is 22.6 Å². The van der Waals surface area contributed by atoms with Crippen molar-refractivity contribution in [3.63, 3.8) is 0 Å². The summed E-state index contributed by atoms with van der Waals surface area (Å²) in [6.07, 6.45) is 7.91. The molecule has 3 nitrogen and oxygen atoms in total. The molecule has 29 heavy (non-hydrogen) atoms. The largest absolute Gasteiger partial charge is 0.496 e. The zero-order valence-corrected chi connectivity index (χ0v) is 18.5. The van der Waals surface area contributed by atoms with Crippen LogP contribution in [0, 0.1) is 6.92 Å². The summed E-state index contributed by atoms with van der Waals surface area (Å²) in [5, 5.41) is 0. The first kappa shape index (κ1) is 24.0. The summed E-state index contributed by atoms with van der Waals surface area (Å²) >= 11 is 0. The van der Waals surface area contributed by atoms with Crippen molar-refractivity contribution in [3.8, 4) is 5.75 Å². The SMILES string of the molecule is C\C=C/C=C(C)\C(=C/C)N(Cc1ccccc1OC)C(C)=O.Cc1ccccc1. The lowest BCUT2D eigenvalue weighted by Crippen LogP contribution is -2.28. The number of carbonyl (C=O) groups is 1. The van der Waals surface area contributed by atoms with Gasteiger partial charge in [-0.25, -0.2) is 0 Å². The molecule has 0 fully saturated rings. The quantitative estimate of drug-likeness (QED) is 0.529. The van der Waals surface area contributed by atoms with Gasteiger partial charge in [-0.1, -0.05) is 78.4 Å². The molecule has 0 aliphatic carbocycles. The van der Waals surface area contributed by atoms with Crippen LogP contribution in [0.1, 0.15) is 38.8 Å². The number of hydrogen-bond acceptors (Lipinski definition) is 2. The highest BCUT2D eigenvalue weighted by Crippen LogP contribution is 2.24. The predicted molar refractivity (Wildman–Crippen MR) is 123 cm³/mol. The Morgan fingerprint density at radius 1 is 1.00 bits per heavy atom. The minimum absolute atomic E-state index is 0.00670. The number of hydrogen-bond donors (Lipinski definition) is 0. The van der Waals surface area contributed by atoms with Crippen LogP contribution >= 0.6 is 0 Å². The smallest absolute Gasteiger partial charge is 0.224 e. The Balaban J connectivity index is 0.000000502. The highest BCUT2D eigenvalue weighted by Gasteiger charge is 2.17. The van der Waals surface area contributed by atoms with Gasteiger partial charge in [-0.3, -0.25) is 4.79 Å². The highest BCUT2D eigenvalue weighted by atomic mass is 16.5. The van der Waals surface area contributed by atoms with Gasteiger partial charge in [-0.05, 0) is 39.3 Å². The molecule has 0 unspecified atom stereocenters. The molecular formula is C26H33NO2. The Labute approximate surface area is 176 Å². The first-order chi connectivity index (χ1) is 13.9. The average molecular weight is 392 g/mol. The molecule has 2 aromatic carbocycles. The second kappa shape index (κ2) is 13.2. The molecule has 0 N–H and O–H groups in total. The molecule has 0 saturated heterocycles. The summed E-state index contributed by atoms with van der Waals surface area (Å²) in [7, 11) is 1.64.